The number of carbonyl (C=O) groups is 1. The summed E-state index contributed by atoms with van der Waals surface area (Å²) in [5.74, 6) is 1.29. The summed E-state index contributed by atoms with van der Waals surface area (Å²) in [6, 6.07) is 11.3. The molecule has 0 spiro atoms. The van der Waals surface area contributed by atoms with Gasteiger partial charge in [0.1, 0.15) is 11.5 Å². The predicted molar refractivity (Wildman–Crippen MR) is 105 cm³/mol. The van der Waals surface area contributed by atoms with Gasteiger partial charge in [-0.3, -0.25) is 4.79 Å². The van der Waals surface area contributed by atoms with Crippen molar-refractivity contribution >= 4 is 17.5 Å². The van der Waals surface area contributed by atoms with Crippen molar-refractivity contribution in [3.05, 3.63) is 58.1 Å². The molecular weight excluding hydrogens is 350 g/mol. The molecule has 0 aliphatic rings. The highest BCUT2D eigenvalue weighted by Gasteiger charge is 2.18. The maximum Gasteiger partial charge on any atom is 0.261 e. The van der Waals surface area contributed by atoms with Gasteiger partial charge in [0, 0.05) is 5.02 Å². The molecule has 4 nitrogen and oxygen atoms in total. The van der Waals surface area contributed by atoms with E-state index in [-0.39, 0.29) is 11.9 Å². The standard InChI is InChI=1S/C21H26ClNO3/c1-6-25-18-9-7-17(8-10-18)15(4)23-21(24)16(5)26-19-11-13(2)20(22)14(3)12-19/h7-12,15-16H,6H2,1-5H3,(H,23,24)/t15-,16-/m1/s1. The molecule has 5 heteroatoms. The number of ether oxygens (including phenoxy) is 2. The molecule has 0 aromatic heterocycles. The lowest BCUT2D eigenvalue weighted by molar-refractivity contribution is -0.127. The molecule has 140 valence electrons. The maximum atomic E-state index is 12.5. The van der Waals surface area contributed by atoms with Gasteiger partial charge in [-0.15, -0.1) is 0 Å². The average Bonchev–Trinajstić information content (AvgIpc) is 2.60. The Kier molecular flexibility index (Phi) is 6.92. The van der Waals surface area contributed by atoms with Crippen LogP contribution in [0.1, 0.15) is 43.5 Å². The molecule has 0 aliphatic heterocycles. The first-order valence-corrected chi connectivity index (χ1v) is 9.16. The maximum absolute atomic E-state index is 12.5. The molecular formula is C21H26ClNO3. The number of hydrogen-bond donors (Lipinski definition) is 1. The van der Waals surface area contributed by atoms with Crippen molar-refractivity contribution < 1.29 is 14.3 Å². The highest BCUT2D eigenvalue weighted by Crippen LogP contribution is 2.26. The third-order valence-electron chi connectivity index (χ3n) is 4.14. The molecule has 0 bridgehead atoms. The molecule has 0 fully saturated rings. The van der Waals surface area contributed by atoms with Crippen molar-refractivity contribution in [3.63, 3.8) is 0 Å². The summed E-state index contributed by atoms with van der Waals surface area (Å²) in [4.78, 5) is 12.5. The number of nitrogens with one attached hydrogen (secondary N) is 1. The monoisotopic (exact) mass is 375 g/mol. The molecule has 1 amide bonds. The zero-order valence-corrected chi connectivity index (χ0v) is 16.7. The van der Waals surface area contributed by atoms with E-state index in [0.29, 0.717) is 12.4 Å². The Balaban J connectivity index is 1.97. The van der Waals surface area contributed by atoms with E-state index in [0.717, 1.165) is 27.5 Å². The molecule has 2 aromatic carbocycles. The van der Waals surface area contributed by atoms with Crippen LogP contribution in [0, 0.1) is 13.8 Å². The Labute approximate surface area is 160 Å². The van der Waals surface area contributed by atoms with Crippen LogP contribution in [0.4, 0.5) is 0 Å². The SMILES string of the molecule is CCOc1ccc([C@@H](C)NC(=O)[C@@H](C)Oc2cc(C)c(Cl)c(C)c2)cc1. The third-order valence-corrected chi connectivity index (χ3v) is 4.74. The van der Waals surface area contributed by atoms with Gasteiger partial charge < -0.3 is 14.8 Å². The summed E-state index contributed by atoms with van der Waals surface area (Å²) in [5.41, 5.74) is 2.86. The normalized spacial score (nSPS) is 13.0. The summed E-state index contributed by atoms with van der Waals surface area (Å²) < 4.78 is 11.2. The molecule has 2 rings (SSSR count). The van der Waals surface area contributed by atoms with Crippen molar-refractivity contribution in [1.82, 2.24) is 5.32 Å². The van der Waals surface area contributed by atoms with Crippen LogP contribution in [0.15, 0.2) is 36.4 Å². The van der Waals surface area contributed by atoms with E-state index in [1.807, 2.05) is 64.1 Å². The van der Waals surface area contributed by atoms with E-state index in [1.165, 1.54) is 0 Å². The quantitative estimate of drug-likeness (QED) is 0.740. The van der Waals surface area contributed by atoms with Crippen molar-refractivity contribution in [2.45, 2.75) is 46.8 Å². The molecule has 26 heavy (non-hydrogen) atoms. The van der Waals surface area contributed by atoms with Crippen LogP contribution in [0.25, 0.3) is 0 Å². The molecule has 0 saturated carbocycles. The zero-order valence-electron chi connectivity index (χ0n) is 15.9. The van der Waals surface area contributed by atoms with Crippen LogP contribution in [0.5, 0.6) is 11.5 Å². The van der Waals surface area contributed by atoms with Crippen molar-refractivity contribution in [3.8, 4) is 11.5 Å². The van der Waals surface area contributed by atoms with Gasteiger partial charge in [-0.05, 0) is 75.6 Å². The van der Waals surface area contributed by atoms with Crippen molar-refractivity contribution in [2.24, 2.45) is 0 Å². The van der Waals surface area contributed by atoms with E-state index in [4.69, 9.17) is 21.1 Å². The smallest absolute Gasteiger partial charge is 0.261 e. The number of amides is 1. The van der Waals surface area contributed by atoms with Gasteiger partial charge in [-0.25, -0.2) is 0 Å². The van der Waals surface area contributed by atoms with Gasteiger partial charge in [0.25, 0.3) is 5.91 Å². The fourth-order valence-corrected chi connectivity index (χ4v) is 2.77. The van der Waals surface area contributed by atoms with Crippen molar-refractivity contribution in [2.75, 3.05) is 6.61 Å². The topological polar surface area (TPSA) is 47.6 Å². The van der Waals surface area contributed by atoms with E-state index in [2.05, 4.69) is 5.32 Å². The highest BCUT2D eigenvalue weighted by molar-refractivity contribution is 6.32. The van der Waals surface area contributed by atoms with E-state index < -0.39 is 6.10 Å². The molecule has 0 radical (unpaired) electrons. The number of hydrogen-bond acceptors (Lipinski definition) is 3. The lowest BCUT2D eigenvalue weighted by Gasteiger charge is -2.20. The van der Waals surface area contributed by atoms with Crippen LogP contribution in [0.2, 0.25) is 5.02 Å². The summed E-state index contributed by atoms with van der Waals surface area (Å²) in [7, 11) is 0. The van der Waals surface area contributed by atoms with E-state index in [1.54, 1.807) is 6.92 Å². The van der Waals surface area contributed by atoms with Crippen molar-refractivity contribution in [1.29, 1.82) is 0 Å². The van der Waals surface area contributed by atoms with Crippen LogP contribution in [-0.4, -0.2) is 18.6 Å². The van der Waals surface area contributed by atoms with Gasteiger partial charge in [-0.1, -0.05) is 23.7 Å². The first kappa shape index (κ1) is 20.1. The minimum Gasteiger partial charge on any atom is -0.494 e. The molecule has 2 atom stereocenters. The molecule has 0 heterocycles. The van der Waals surface area contributed by atoms with E-state index >= 15 is 0 Å². The summed E-state index contributed by atoms with van der Waals surface area (Å²) in [5, 5.41) is 3.70. The Hall–Kier alpha value is -2.20. The molecule has 0 saturated heterocycles. The van der Waals surface area contributed by atoms with Crippen LogP contribution < -0.4 is 14.8 Å². The Morgan fingerprint density at radius 2 is 1.65 bits per heavy atom. The summed E-state index contributed by atoms with van der Waals surface area (Å²) in [6.45, 7) is 10.1. The van der Waals surface area contributed by atoms with Crippen LogP contribution in [0.3, 0.4) is 0 Å². The molecule has 2 aromatic rings. The summed E-state index contributed by atoms with van der Waals surface area (Å²) in [6.07, 6.45) is -0.611. The highest BCUT2D eigenvalue weighted by atomic mass is 35.5. The average molecular weight is 376 g/mol. The van der Waals surface area contributed by atoms with Gasteiger partial charge in [0.2, 0.25) is 0 Å². The van der Waals surface area contributed by atoms with Crippen LogP contribution in [-0.2, 0) is 4.79 Å². The predicted octanol–water partition coefficient (Wildman–Crippen LogP) is 5.00. The first-order chi connectivity index (χ1) is 12.3. The third kappa shape index (κ3) is 5.15. The van der Waals surface area contributed by atoms with E-state index in [9.17, 15) is 4.79 Å². The second kappa shape index (κ2) is 8.95. The second-order valence-electron chi connectivity index (χ2n) is 6.36. The Morgan fingerprint density at radius 3 is 2.19 bits per heavy atom. The number of aryl methyl sites for hydroxylation is 2. The lowest BCUT2D eigenvalue weighted by atomic mass is 10.1. The Morgan fingerprint density at radius 1 is 1.08 bits per heavy atom. The molecule has 0 aliphatic carbocycles. The minimum absolute atomic E-state index is 0.127. The zero-order chi connectivity index (χ0) is 19.3. The Bertz CT molecular complexity index is 735. The fourth-order valence-electron chi connectivity index (χ4n) is 2.67. The van der Waals surface area contributed by atoms with Gasteiger partial charge in [-0.2, -0.15) is 0 Å². The lowest BCUT2D eigenvalue weighted by Crippen LogP contribution is -2.37. The van der Waals surface area contributed by atoms with Gasteiger partial charge >= 0.3 is 0 Å². The molecule has 0 unspecified atom stereocenters. The number of rotatable bonds is 7. The number of halogens is 1. The number of carbonyl (C=O) groups excluding carboxylic acids is 1. The summed E-state index contributed by atoms with van der Waals surface area (Å²) >= 11 is 6.17. The van der Waals surface area contributed by atoms with Crippen LogP contribution >= 0.6 is 11.6 Å². The van der Waals surface area contributed by atoms with Gasteiger partial charge in [0.05, 0.1) is 12.6 Å². The first-order valence-electron chi connectivity index (χ1n) is 8.78. The van der Waals surface area contributed by atoms with Gasteiger partial charge in [0.15, 0.2) is 6.10 Å². The second-order valence-corrected chi connectivity index (χ2v) is 6.74. The largest absolute Gasteiger partial charge is 0.494 e. The fraction of sp³-hybridized carbons (Fsp3) is 0.381. The molecule has 1 N–H and O–H groups in total. The minimum atomic E-state index is -0.611. The number of benzene rings is 2.